The van der Waals surface area contributed by atoms with Crippen molar-refractivity contribution in [3.8, 4) is 11.5 Å². The van der Waals surface area contributed by atoms with Gasteiger partial charge in [-0.15, -0.1) is 0 Å². The molecular formula is C15H23NO4S. The van der Waals surface area contributed by atoms with Crippen LogP contribution in [-0.2, 0) is 10.0 Å². The van der Waals surface area contributed by atoms with Crippen molar-refractivity contribution in [3.63, 3.8) is 0 Å². The van der Waals surface area contributed by atoms with Crippen LogP contribution < -0.4 is 9.47 Å². The molecular weight excluding hydrogens is 290 g/mol. The maximum absolute atomic E-state index is 12.9. The number of hydrogen-bond donors (Lipinski definition) is 0. The van der Waals surface area contributed by atoms with E-state index in [1.807, 2.05) is 6.92 Å². The molecule has 1 atom stereocenters. The summed E-state index contributed by atoms with van der Waals surface area (Å²) in [7, 11) is -0.538. The second kappa shape index (κ2) is 6.23. The summed E-state index contributed by atoms with van der Waals surface area (Å²) in [6.07, 6.45) is 1.96. The smallest absolute Gasteiger partial charge is 0.246 e. The molecule has 5 nitrogen and oxygen atoms in total. The minimum atomic E-state index is -3.56. The molecule has 0 radical (unpaired) electrons. The molecule has 0 bridgehead atoms. The third-order valence-corrected chi connectivity index (χ3v) is 5.81. The number of benzene rings is 1. The van der Waals surface area contributed by atoms with Gasteiger partial charge in [0.15, 0.2) is 0 Å². The van der Waals surface area contributed by atoms with Crippen molar-refractivity contribution in [1.29, 1.82) is 0 Å². The number of nitrogens with zero attached hydrogens (tertiary/aromatic N) is 1. The van der Waals surface area contributed by atoms with Crippen molar-refractivity contribution < 1.29 is 17.9 Å². The molecule has 0 amide bonds. The normalized spacial score (nSPS) is 20.3. The molecule has 1 saturated heterocycles. The summed E-state index contributed by atoms with van der Waals surface area (Å²) >= 11 is 0. The van der Waals surface area contributed by atoms with Gasteiger partial charge in [0.05, 0.1) is 14.2 Å². The molecule has 6 heteroatoms. The number of rotatable bonds is 4. The van der Waals surface area contributed by atoms with Crippen LogP contribution >= 0.6 is 0 Å². The lowest BCUT2D eigenvalue weighted by molar-refractivity contribution is 0.280. The standard InChI is InChI=1S/C15H23NO4S/c1-11-6-5-7-16(10-11)21(17,18)15-9-13(19-3)12(2)8-14(15)20-4/h8-9,11H,5-7,10H2,1-4H3. The average molecular weight is 313 g/mol. The quantitative estimate of drug-likeness (QED) is 0.856. The van der Waals surface area contributed by atoms with Gasteiger partial charge in [-0.25, -0.2) is 8.42 Å². The molecule has 118 valence electrons. The molecule has 0 aromatic heterocycles. The monoisotopic (exact) mass is 313 g/mol. The maximum Gasteiger partial charge on any atom is 0.246 e. The highest BCUT2D eigenvalue weighted by atomic mass is 32.2. The van der Waals surface area contributed by atoms with E-state index in [0.717, 1.165) is 18.4 Å². The number of ether oxygens (including phenoxy) is 2. The Morgan fingerprint density at radius 3 is 2.43 bits per heavy atom. The highest BCUT2D eigenvalue weighted by Gasteiger charge is 2.31. The van der Waals surface area contributed by atoms with Crippen molar-refractivity contribution in [2.75, 3.05) is 27.3 Å². The first kappa shape index (κ1) is 16.1. The fourth-order valence-electron chi connectivity index (χ4n) is 2.73. The lowest BCUT2D eigenvalue weighted by atomic mass is 10.0. The first-order valence-corrected chi connectivity index (χ1v) is 8.57. The zero-order valence-corrected chi connectivity index (χ0v) is 13.9. The third-order valence-electron chi connectivity index (χ3n) is 3.92. The largest absolute Gasteiger partial charge is 0.496 e. The molecule has 1 aromatic rings. The van der Waals surface area contributed by atoms with Crippen LogP contribution in [0.5, 0.6) is 11.5 Å². The lowest BCUT2D eigenvalue weighted by Gasteiger charge is -2.30. The van der Waals surface area contributed by atoms with Crippen LogP contribution in [0.1, 0.15) is 25.3 Å². The van der Waals surface area contributed by atoms with Gasteiger partial charge in [-0.2, -0.15) is 4.31 Å². The van der Waals surface area contributed by atoms with Crippen LogP contribution in [0.15, 0.2) is 17.0 Å². The van der Waals surface area contributed by atoms with E-state index in [9.17, 15) is 8.42 Å². The molecule has 0 aliphatic carbocycles. The Bertz CT molecular complexity index is 612. The van der Waals surface area contributed by atoms with Crippen molar-refractivity contribution in [1.82, 2.24) is 4.31 Å². The SMILES string of the molecule is COc1cc(S(=O)(=O)N2CCCC(C)C2)c(OC)cc1C. The molecule has 1 aliphatic heterocycles. The van der Waals surface area contributed by atoms with Gasteiger partial charge in [0.2, 0.25) is 10.0 Å². The van der Waals surface area contributed by atoms with Crippen LogP contribution in [0, 0.1) is 12.8 Å². The summed E-state index contributed by atoms with van der Waals surface area (Å²) in [6, 6.07) is 3.27. The van der Waals surface area contributed by atoms with Gasteiger partial charge in [-0.1, -0.05) is 6.92 Å². The van der Waals surface area contributed by atoms with Gasteiger partial charge < -0.3 is 9.47 Å². The molecule has 0 saturated carbocycles. The molecule has 0 N–H and O–H groups in total. The van der Waals surface area contributed by atoms with E-state index in [1.54, 1.807) is 16.4 Å². The Hall–Kier alpha value is -1.27. The van der Waals surface area contributed by atoms with E-state index in [-0.39, 0.29) is 4.90 Å². The Kier molecular flexibility index (Phi) is 4.78. The minimum absolute atomic E-state index is 0.182. The first-order valence-electron chi connectivity index (χ1n) is 7.13. The number of piperidine rings is 1. The zero-order valence-electron chi connectivity index (χ0n) is 13.0. The Morgan fingerprint density at radius 1 is 1.19 bits per heavy atom. The lowest BCUT2D eigenvalue weighted by Crippen LogP contribution is -2.39. The van der Waals surface area contributed by atoms with Gasteiger partial charge in [-0.05, 0) is 37.3 Å². The van der Waals surface area contributed by atoms with Gasteiger partial charge in [0.1, 0.15) is 16.4 Å². The molecule has 1 fully saturated rings. The summed E-state index contributed by atoms with van der Waals surface area (Å²) < 4.78 is 37.8. The highest BCUT2D eigenvalue weighted by Crippen LogP contribution is 2.34. The molecule has 1 aliphatic rings. The molecule has 21 heavy (non-hydrogen) atoms. The predicted molar refractivity (Wildman–Crippen MR) is 81.4 cm³/mol. The summed E-state index contributed by atoms with van der Waals surface area (Å²) in [4.78, 5) is 0.182. The van der Waals surface area contributed by atoms with Crippen LogP contribution in [-0.4, -0.2) is 40.0 Å². The second-order valence-corrected chi connectivity index (χ2v) is 7.49. The van der Waals surface area contributed by atoms with Crippen molar-refractivity contribution in [2.24, 2.45) is 5.92 Å². The Balaban J connectivity index is 2.48. The summed E-state index contributed by atoms with van der Waals surface area (Å²) in [5.74, 6) is 1.30. The molecule has 1 heterocycles. The molecule has 0 spiro atoms. The van der Waals surface area contributed by atoms with E-state index in [0.29, 0.717) is 30.5 Å². The minimum Gasteiger partial charge on any atom is -0.496 e. The second-order valence-electron chi connectivity index (χ2n) is 5.58. The Labute approximate surface area is 126 Å². The van der Waals surface area contributed by atoms with Crippen LogP contribution in [0.25, 0.3) is 0 Å². The number of hydrogen-bond acceptors (Lipinski definition) is 4. The van der Waals surface area contributed by atoms with E-state index < -0.39 is 10.0 Å². The van der Waals surface area contributed by atoms with E-state index >= 15 is 0 Å². The fraction of sp³-hybridized carbons (Fsp3) is 0.600. The van der Waals surface area contributed by atoms with Crippen LogP contribution in [0.2, 0.25) is 0 Å². The summed E-state index contributed by atoms with van der Waals surface area (Å²) in [6.45, 7) is 5.06. The first-order chi connectivity index (χ1) is 9.90. The molecule has 1 unspecified atom stereocenters. The zero-order chi connectivity index (χ0) is 15.6. The average Bonchev–Trinajstić information content (AvgIpc) is 2.46. The van der Waals surface area contributed by atoms with E-state index in [2.05, 4.69) is 6.92 Å². The highest BCUT2D eigenvalue weighted by molar-refractivity contribution is 7.89. The molecule has 1 aromatic carbocycles. The van der Waals surface area contributed by atoms with Gasteiger partial charge in [0, 0.05) is 19.2 Å². The fourth-order valence-corrected chi connectivity index (χ4v) is 4.48. The van der Waals surface area contributed by atoms with Crippen molar-refractivity contribution in [2.45, 2.75) is 31.6 Å². The number of aryl methyl sites for hydroxylation is 1. The van der Waals surface area contributed by atoms with E-state index in [1.165, 1.54) is 14.2 Å². The van der Waals surface area contributed by atoms with E-state index in [4.69, 9.17) is 9.47 Å². The third kappa shape index (κ3) is 3.16. The van der Waals surface area contributed by atoms with Crippen molar-refractivity contribution in [3.05, 3.63) is 17.7 Å². The van der Waals surface area contributed by atoms with Gasteiger partial charge >= 0.3 is 0 Å². The summed E-state index contributed by atoms with van der Waals surface area (Å²) in [5, 5.41) is 0. The maximum atomic E-state index is 12.9. The Morgan fingerprint density at radius 2 is 1.86 bits per heavy atom. The van der Waals surface area contributed by atoms with Gasteiger partial charge in [-0.3, -0.25) is 0 Å². The van der Waals surface area contributed by atoms with Crippen molar-refractivity contribution >= 4 is 10.0 Å². The van der Waals surface area contributed by atoms with Gasteiger partial charge in [0.25, 0.3) is 0 Å². The van der Waals surface area contributed by atoms with Crippen LogP contribution in [0.4, 0.5) is 0 Å². The predicted octanol–water partition coefficient (Wildman–Crippen LogP) is 2.43. The number of sulfonamides is 1. The van der Waals surface area contributed by atoms with Crippen LogP contribution in [0.3, 0.4) is 0 Å². The summed E-state index contributed by atoms with van der Waals surface area (Å²) in [5.41, 5.74) is 0.848. The number of methoxy groups -OCH3 is 2. The molecule has 2 rings (SSSR count). The topological polar surface area (TPSA) is 55.8 Å².